The Bertz CT molecular complexity index is 3170. The first-order valence-corrected chi connectivity index (χ1v) is 19.3. The number of aromatic nitrogens is 1. The SMILES string of the molecule is c1ccc(-c2ccc(N(c3ccccc3)c3ccc(-c4cc5c(cc4-c4nc6ccccc6s4)oc4cc6ccccc6cc45)c4ccccc34)cc2)cc1. The molecule has 3 nitrogen and oxygen atoms in total. The maximum absolute atomic E-state index is 6.63. The van der Waals surface area contributed by atoms with Crippen LogP contribution < -0.4 is 4.90 Å². The molecule has 0 aliphatic heterocycles. The molecule has 0 radical (unpaired) electrons. The predicted octanol–water partition coefficient (Wildman–Crippen LogP) is 15.0. The first-order chi connectivity index (χ1) is 27.2. The van der Waals surface area contributed by atoms with Gasteiger partial charge in [0.05, 0.1) is 15.9 Å². The van der Waals surface area contributed by atoms with Gasteiger partial charge in [0.15, 0.2) is 0 Å². The third-order valence-electron chi connectivity index (χ3n) is 10.7. The lowest BCUT2D eigenvalue weighted by Crippen LogP contribution is -2.10. The van der Waals surface area contributed by atoms with E-state index in [2.05, 4.69) is 199 Å². The van der Waals surface area contributed by atoms with Gasteiger partial charge in [-0.3, -0.25) is 0 Å². The van der Waals surface area contributed by atoms with Crippen LogP contribution in [0.3, 0.4) is 0 Å². The molecule has 2 aromatic heterocycles. The van der Waals surface area contributed by atoms with Gasteiger partial charge in [0.1, 0.15) is 16.2 Å². The molecule has 0 fully saturated rings. The number of hydrogen-bond acceptors (Lipinski definition) is 4. The zero-order valence-corrected chi connectivity index (χ0v) is 30.5. The van der Waals surface area contributed by atoms with Crippen molar-refractivity contribution in [3.05, 3.63) is 194 Å². The molecule has 0 amide bonds. The van der Waals surface area contributed by atoms with E-state index in [4.69, 9.17) is 9.40 Å². The second kappa shape index (κ2) is 12.8. The smallest absolute Gasteiger partial charge is 0.136 e. The molecule has 0 bridgehead atoms. The van der Waals surface area contributed by atoms with Crippen molar-refractivity contribution in [2.45, 2.75) is 0 Å². The van der Waals surface area contributed by atoms with Crippen LogP contribution in [0.2, 0.25) is 0 Å². The summed E-state index contributed by atoms with van der Waals surface area (Å²) >= 11 is 1.72. The highest BCUT2D eigenvalue weighted by Gasteiger charge is 2.22. The second-order valence-corrected chi connectivity index (χ2v) is 15.0. The first kappa shape index (κ1) is 31.5. The normalized spacial score (nSPS) is 11.6. The Morgan fingerprint density at radius 3 is 1.84 bits per heavy atom. The quantitative estimate of drug-likeness (QED) is 0.171. The number of para-hydroxylation sites is 2. The van der Waals surface area contributed by atoms with E-state index in [0.717, 1.165) is 76.3 Å². The fourth-order valence-corrected chi connectivity index (χ4v) is 9.04. The topological polar surface area (TPSA) is 29.3 Å². The minimum atomic E-state index is 0.860. The molecule has 2 heterocycles. The number of rotatable bonds is 6. The zero-order chi connectivity index (χ0) is 36.3. The lowest BCUT2D eigenvalue weighted by atomic mass is 9.92. The molecule has 0 saturated carbocycles. The van der Waals surface area contributed by atoms with Crippen molar-refractivity contribution in [2.75, 3.05) is 4.90 Å². The van der Waals surface area contributed by atoms with E-state index >= 15 is 0 Å². The van der Waals surface area contributed by atoms with Crippen molar-refractivity contribution in [3.8, 4) is 32.8 Å². The Morgan fingerprint density at radius 2 is 1.04 bits per heavy atom. The summed E-state index contributed by atoms with van der Waals surface area (Å²) in [5, 5.41) is 7.87. The van der Waals surface area contributed by atoms with Gasteiger partial charge in [-0.25, -0.2) is 4.98 Å². The molecular weight excluding hydrogens is 689 g/mol. The van der Waals surface area contributed by atoms with E-state index in [1.54, 1.807) is 11.3 Å². The van der Waals surface area contributed by atoms with E-state index in [-0.39, 0.29) is 0 Å². The highest BCUT2D eigenvalue weighted by atomic mass is 32.1. The average molecular weight is 721 g/mol. The van der Waals surface area contributed by atoms with E-state index < -0.39 is 0 Å². The standard InChI is InChI=1S/C51H32N2OS/c1-3-13-33(14-4-1)34-23-25-38(26-24-34)53(37-17-5-2-6-18-37)47-28-27-40(39-19-9-10-20-41(39)47)42-31-44-43-29-35-15-7-8-16-36(35)30-48(43)54-49(44)32-45(42)51-52-46-21-11-12-22-50(46)55-51/h1-32H. The molecule has 9 aromatic carbocycles. The van der Waals surface area contributed by atoms with Gasteiger partial charge in [-0.1, -0.05) is 127 Å². The minimum absolute atomic E-state index is 0.860. The molecule has 258 valence electrons. The number of anilines is 3. The van der Waals surface area contributed by atoms with Gasteiger partial charge in [0, 0.05) is 33.1 Å². The number of thiazole rings is 1. The summed E-state index contributed by atoms with van der Waals surface area (Å²) in [5.74, 6) is 0. The third-order valence-corrected chi connectivity index (χ3v) is 11.8. The molecule has 0 spiro atoms. The maximum atomic E-state index is 6.63. The van der Waals surface area contributed by atoms with Crippen LogP contribution in [0.4, 0.5) is 17.1 Å². The molecule has 55 heavy (non-hydrogen) atoms. The monoisotopic (exact) mass is 720 g/mol. The summed E-state index contributed by atoms with van der Waals surface area (Å²) in [6, 6.07) is 69.3. The number of furan rings is 1. The lowest BCUT2D eigenvalue weighted by molar-refractivity contribution is 0.669. The Hall–Kier alpha value is -7.01. The molecule has 0 aliphatic carbocycles. The van der Waals surface area contributed by atoms with Crippen molar-refractivity contribution in [3.63, 3.8) is 0 Å². The van der Waals surface area contributed by atoms with E-state index in [1.165, 1.54) is 27.3 Å². The molecule has 11 rings (SSSR count). The van der Waals surface area contributed by atoms with Crippen LogP contribution in [0.1, 0.15) is 0 Å². The molecular formula is C51H32N2OS. The summed E-state index contributed by atoms with van der Waals surface area (Å²) < 4.78 is 7.79. The van der Waals surface area contributed by atoms with Crippen LogP contribution >= 0.6 is 11.3 Å². The van der Waals surface area contributed by atoms with Gasteiger partial charge >= 0.3 is 0 Å². The number of fused-ring (bicyclic) bond motifs is 6. The van der Waals surface area contributed by atoms with Gasteiger partial charge < -0.3 is 9.32 Å². The molecule has 4 heteroatoms. The molecule has 11 aromatic rings. The molecule has 0 N–H and O–H groups in total. The summed E-state index contributed by atoms with van der Waals surface area (Å²) in [7, 11) is 0. The number of nitrogens with zero attached hydrogens (tertiary/aromatic N) is 2. The van der Waals surface area contributed by atoms with Crippen molar-refractivity contribution in [1.29, 1.82) is 0 Å². The van der Waals surface area contributed by atoms with Crippen LogP contribution in [0.25, 0.3) is 86.5 Å². The van der Waals surface area contributed by atoms with Crippen LogP contribution in [-0.4, -0.2) is 4.98 Å². The van der Waals surface area contributed by atoms with Gasteiger partial charge in [0.25, 0.3) is 0 Å². The number of benzene rings is 9. The van der Waals surface area contributed by atoms with Gasteiger partial charge in [-0.15, -0.1) is 11.3 Å². The summed E-state index contributed by atoms with van der Waals surface area (Å²) in [5.41, 5.74) is 11.8. The van der Waals surface area contributed by atoms with Crippen LogP contribution in [0.15, 0.2) is 199 Å². The van der Waals surface area contributed by atoms with Crippen LogP contribution in [0.5, 0.6) is 0 Å². The van der Waals surface area contributed by atoms with Crippen LogP contribution in [-0.2, 0) is 0 Å². The predicted molar refractivity (Wildman–Crippen MR) is 233 cm³/mol. The largest absolute Gasteiger partial charge is 0.456 e. The van der Waals surface area contributed by atoms with E-state index in [1.807, 2.05) is 0 Å². The van der Waals surface area contributed by atoms with Gasteiger partial charge in [-0.2, -0.15) is 0 Å². The highest BCUT2D eigenvalue weighted by molar-refractivity contribution is 7.21. The van der Waals surface area contributed by atoms with Crippen molar-refractivity contribution in [2.24, 2.45) is 0 Å². The minimum Gasteiger partial charge on any atom is -0.456 e. The Morgan fingerprint density at radius 1 is 0.418 bits per heavy atom. The third kappa shape index (κ3) is 5.38. The molecule has 0 aliphatic rings. The molecule has 0 atom stereocenters. The fourth-order valence-electron chi connectivity index (χ4n) is 8.05. The Kier molecular flexibility index (Phi) is 7.35. The maximum Gasteiger partial charge on any atom is 0.136 e. The van der Waals surface area contributed by atoms with Gasteiger partial charge in [-0.05, 0) is 105 Å². The zero-order valence-electron chi connectivity index (χ0n) is 29.7. The fraction of sp³-hybridized carbons (Fsp3) is 0. The second-order valence-electron chi connectivity index (χ2n) is 13.9. The van der Waals surface area contributed by atoms with Crippen molar-refractivity contribution < 1.29 is 4.42 Å². The first-order valence-electron chi connectivity index (χ1n) is 18.5. The number of hydrogen-bond donors (Lipinski definition) is 0. The van der Waals surface area contributed by atoms with Crippen molar-refractivity contribution >= 4 is 82.1 Å². The summed E-state index contributed by atoms with van der Waals surface area (Å²) in [4.78, 5) is 7.55. The highest BCUT2D eigenvalue weighted by Crippen LogP contribution is 2.47. The Labute approximate surface area is 322 Å². The summed E-state index contributed by atoms with van der Waals surface area (Å²) in [6.45, 7) is 0. The van der Waals surface area contributed by atoms with Gasteiger partial charge in [0.2, 0.25) is 0 Å². The lowest BCUT2D eigenvalue weighted by Gasteiger charge is -2.28. The van der Waals surface area contributed by atoms with Crippen LogP contribution in [0, 0.1) is 0 Å². The summed E-state index contributed by atoms with van der Waals surface area (Å²) in [6.07, 6.45) is 0. The van der Waals surface area contributed by atoms with E-state index in [9.17, 15) is 0 Å². The molecule has 0 unspecified atom stereocenters. The average Bonchev–Trinajstić information content (AvgIpc) is 3.84. The Balaban J connectivity index is 1.14. The van der Waals surface area contributed by atoms with Crippen molar-refractivity contribution in [1.82, 2.24) is 4.98 Å². The van der Waals surface area contributed by atoms with E-state index in [0.29, 0.717) is 0 Å². The molecule has 0 saturated heterocycles.